The Balaban J connectivity index is 2.05. The van der Waals surface area contributed by atoms with Crippen LogP contribution in [0.4, 0.5) is 5.69 Å². The van der Waals surface area contributed by atoms with Crippen molar-refractivity contribution >= 4 is 5.69 Å². The molecule has 1 fully saturated rings. The van der Waals surface area contributed by atoms with E-state index in [9.17, 15) is 0 Å². The van der Waals surface area contributed by atoms with E-state index in [2.05, 4.69) is 48.2 Å². The fourth-order valence-corrected chi connectivity index (χ4v) is 2.81. The molecular formula is C15H25N3. The van der Waals surface area contributed by atoms with Crippen molar-refractivity contribution in [3.05, 3.63) is 29.8 Å². The van der Waals surface area contributed by atoms with E-state index < -0.39 is 0 Å². The second-order valence-corrected chi connectivity index (χ2v) is 5.46. The Hall–Kier alpha value is -1.06. The maximum absolute atomic E-state index is 5.58. The van der Waals surface area contributed by atoms with Gasteiger partial charge in [0.25, 0.3) is 0 Å². The number of likely N-dealkylation sites (N-methyl/N-ethyl adjacent to an activating group) is 1. The second kappa shape index (κ2) is 6.21. The number of nitrogens with zero attached hydrogens (tertiary/aromatic N) is 2. The highest BCUT2D eigenvalue weighted by Gasteiger charge is 2.24. The molecule has 0 aliphatic carbocycles. The quantitative estimate of drug-likeness (QED) is 0.860. The van der Waals surface area contributed by atoms with Crippen LogP contribution in [0.3, 0.4) is 0 Å². The highest BCUT2D eigenvalue weighted by molar-refractivity contribution is 5.49. The molecule has 3 heteroatoms. The monoisotopic (exact) mass is 247 g/mol. The summed E-state index contributed by atoms with van der Waals surface area (Å²) in [5.74, 6) is 0. The molecule has 3 nitrogen and oxygen atoms in total. The highest BCUT2D eigenvalue weighted by atomic mass is 15.2. The van der Waals surface area contributed by atoms with Crippen LogP contribution in [-0.2, 0) is 6.42 Å². The van der Waals surface area contributed by atoms with E-state index in [0.29, 0.717) is 6.04 Å². The molecule has 0 saturated carbocycles. The molecule has 1 aromatic rings. The van der Waals surface area contributed by atoms with E-state index in [1.807, 2.05) is 0 Å². The molecule has 2 N–H and O–H groups in total. The minimum atomic E-state index is 0.667. The van der Waals surface area contributed by atoms with Gasteiger partial charge in [-0.15, -0.1) is 0 Å². The standard InChI is InChI=1S/C15H25N3/c1-17(2)12-15-4-3-11-18(15)14-7-5-13(6-8-14)9-10-16/h5-8,15H,3-4,9-12,16H2,1-2H3. The van der Waals surface area contributed by atoms with Gasteiger partial charge in [0.15, 0.2) is 0 Å². The molecule has 1 heterocycles. The normalized spacial score (nSPS) is 19.8. The molecule has 1 saturated heterocycles. The molecule has 18 heavy (non-hydrogen) atoms. The Morgan fingerprint density at radius 1 is 1.28 bits per heavy atom. The molecule has 0 aromatic heterocycles. The lowest BCUT2D eigenvalue weighted by molar-refractivity contribution is 0.372. The van der Waals surface area contributed by atoms with Crippen molar-refractivity contribution in [3.63, 3.8) is 0 Å². The summed E-state index contributed by atoms with van der Waals surface area (Å²) in [7, 11) is 4.31. The average Bonchev–Trinajstić information content (AvgIpc) is 2.78. The van der Waals surface area contributed by atoms with Gasteiger partial charge in [-0.2, -0.15) is 0 Å². The van der Waals surface area contributed by atoms with Crippen LogP contribution >= 0.6 is 0 Å². The smallest absolute Gasteiger partial charge is 0.0417 e. The first-order valence-corrected chi connectivity index (χ1v) is 6.91. The van der Waals surface area contributed by atoms with Gasteiger partial charge in [0.2, 0.25) is 0 Å². The lowest BCUT2D eigenvalue weighted by Crippen LogP contribution is -2.37. The summed E-state index contributed by atoms with van der Waals surface area (Å²) in [4.78, 5) is 4.83. The molecule has 1 unspecified atom stereocenters. The van der Waals surface area contributed by atoms with Crippen LogP contribution < -0.4 is 10.6 Å². The van der Waals surface area contributed by atoms with Gasteiger partial charge >= 0.3 is 0 Å². The van der Waals surface area contributed by atoms with Crippen LogP contribution in [0.5, 0.6) is 0 Å². The van der Waals surface area contributed by atoms with Crippen molar-refractivity contribution in [2.24, 2.45) is 5.73 Å². The van der Waals surface area contributed by atoms with E-state index in [0.717, 1.165) is 19.5 Å². The molecule has 1 aliphatic heterocycles. The van der Waals surface area contributed by atoms with E-state index in [-0.39, 0.29) is 0 Å². The summed E-state index contributed by atoms with van der Waals surface area (Å²) in [5.41, 5.74) is 8.28. The third-order valence-corrected chi connectivity index (χ3v) is 3.65. The molecular weight excluding hydrogens is 222 g/mol. The summed E-state index contributed by atoms with van der Waals surface area (Å²) < 4.78 is 0. The topological polar surface area (TPSA) is 32.5 Å². The van der Waals surface area contributed by atoms with E-state index in [1.165, 1.54) is 30.6 Å². The van der Waals surface area contributed by atoms with Crippen molar-refractivity contribution in [1.29, 1.82) is 0 Å². The van der Waals surface area contributed by atoms with Crippen molar-refractivity contribution in [3.8, 4) is 0 Å². The molecule has 1 aliphatic rings. The average molecular weight is 247 g/mol. The fourth-order valence-electron chi connectivity index (χ4n) is 2.81. The van der Waals surface area contributed by atoms with E-state index in [4.69, 9.17) is 5.73 Å². The number of rotatable bonds is 5. The van der Waals surface area contributed by atoms with Gasteiger partial charge in [0.05, 0.1) is 0 Å². The highest BCUT2D eigenvalue weighted by Crippen LogP contribution is 2.26. The molecule has 1 aromatic carbocycles. The molecule has 0 amide bonds. The van der Waals surface area contributed by atoms with Crippen molar-refractivity contribution in [2.45, 2.75) is 25.3 Å². The van der Waals surface area contributed by atoms with E-state index >= 15 is 0 Å². The van der Waals surface area contributed by atoms with Crippen molar-refractivity contribution in [2.75, 3.05) is 38.6 Å². The minimum Gasteiger partial charge on any atom is -0.367 e. The first-order valence-electron chi connectivity index (χ1n) is 6.91. The number of benzene rings is 1. The van der Waals surface area contributed by atoms with Gasteiger partial charge in [0.1, 0.15) is 0 Å². The van der Waals surface area contributed by atoms with Crippen LogP contribution in [-0.4, -0.2) is 44.7 Å². The van der Waals surface area contributed by atoms with Gasteiger partial charge in [-0.1, -0.05) is 12.1 Å². The molecule has 100 valence electrons. The lowest BCUT2D eigenvalue weighted by atomic mass is 10.1. The Labute approximate surface area is 111 Å². The summed E-state index contributed by atoms with van der Waals surface area (Å²) in [6.07, 6.45) is 3.59. The lowest BCUT2D eigenvalue weighted by Gasteiger charge is -2.29. The second-order valence-electron chi connectivity index (χ2n) is 5.46. The summed E-state index contributed by atoms with van der Waals surface area (Å²) in [6.45, 7) is 3.06. The largest absolute Gasteiger partial charge is 0.367 e. The van der Waals surface area contributed by atoms with Gasteiger partial charge in [0, 0.05) is 24.8 Å². The third kappa shape index (κ3) is 3.24. The van der Waals surface area contributed by atoms with Crippen LogP contribution in [0.25, 0.3) is 0 Å². The Morgan fingerprint density at radius 3 is 2.61 bits per heavy atom. The van der Waals surface area contributed by atoms with Gasteiger partial charge in [-0.3, -0.25) is 0 Å². The number of hydrogen-bond donors (Lipinski definition) is 1. The van der Waals surface area contributed by atoms with Crippen LogP contribution in [0.2, 0.25) is 0 Å². The van der Waals surface area contributed by atoms with E-state index in [1.54, 1.807) is 0 Å². The summed E-state index contributed by atoms with van der Waals surface area (Å²) >= 11 is 0. The van der Waals surface area contributed by atoms with Gasteiger partial charge in [-0.25, -0.2) is 0 Å². The first-order chi connectivity index (χ1) is 8.70. The fraction of sp³-hybridized carbons (Fsp3) is 0.600. The summed E-state index contributed by atoms with van der Waals surface area (Å²) in [6, 6.07) is 9.60. The molecule has 2 rings (SSSR count). The van der Waals surface area contributed by atoms with Crippen LogP contribution in [0, 0.1) is 0 Å². The zero-order chi connectivity index (χ0) is 13.0. The predicted molar refractivity (Wildman–Crippen MR) is 78.1 cm³/mol. The SMILES string of the molecule is CN(C)CC1CCCN1c1ccc(CCN)cc1. The summed E-state index contributed by atoms with van der Waals surface area (Å²) in [5, 5.41) is 0. The minimum absolute atomic E-state index is 0.667. The number of hydrogen-bond acceptors (Lipinski definition) is 3. The maximum atomic E-state index is 5.58. The molecule has 0 radical (unpaired) electrons. The predicted octanol–water partition coefficient (Wildman–Crippen LogP) is 1.72. The number of anilines is 1. The van der Waals surface area contributed by atoms with Crippen LogP contribution in [0.15, 0.2) is 24.3 Å². The zero-order valence-electron chi connectivity index (χ0n) is 11.6. The van der Waals surface area contributed by atoms with Gasteiger partial charge in [-0.05, 0) is 57.6 Å². The van der Waals surface area contributed by atoms with Crippen LogP contribution in [0.1, 0.15) is 18.4 Å². The Morgan fingerprint density at radius 2 is 2.00 bits per heavy atom. The Kier molecular flexibility index (Phi) is 4.61. The maximum Gasteiger partial charge on any atom is 0.0417 e. The van der Waals surface area contributed by atoms with Crippen molar-refractivity contribution < 1.29 is 0 Å². The third-order valence-electron chi connectivity index (χ3n) is 3.65. The number of nitrogens with two attached hydrogens (primary N) is 1. The molecule has 0 spiro atoms. The molecule has 0 bridgehead atoms. The van der Waals surface area contributed by atoms with Gasteiger partial charge < -0.3 is 15.5 Å². The van der Waals surface area contributed by atoms with Crippen molar-refractivity contribution in [1.82, 2.24) is 4.90 Å². The zero-order valence-corrected chi connectivity index (χ0v) is 11.6. The first kappa shape index (κ1) is 13.4. The Bertz CT molecular complexity index is 359. The molecule has 1 atom stereocenters.